The van der Waals surface area contributed by atoms with Crippen molar-refractivity contribution in [2.24, 2.45) is 27.2 Å². The number of benzene rings is 1. The smallest absolute Gasteiger partial charge is 0.267 e. The average molecular weight is 589 g/mol. The van der Waals surface area contributed by atoms with Gasteiger partial charge in [0.25, 0.3) is 11.7 Å². The van der Waals surface area contributed by atoms with E-state index in [4.69, 9.17) is 20.3 Å². The van der Waals surface area contributed by atoms with E-state index in [9.17, 15) is 9.59 Å². The van der Waals surface area contributed by atoms with Crippen molar-refractivity contribution in [1.29, 1.82) is 0 Å². The van der Waals surface area contributed by atoms with Gasteiger partial charge in [-0.2, -0.15) is 10.8 Å². The van der Waals surface area contributed by atoms with Crippen molar-refractivity contribution >= 4 is 29.7 Å². The van der Waals surface area contributed by atoms with Crippen LogP contribution in [0.25, 0.3) is 0 Å². The van der Waals surface area contributed by atoms with Crippen LogP contribution in [0.15, 0.2) is 70.3 Å². The number of allylic oxidation sites excluding steroid dienone is 1. The molecule has 2 aromatic rings. The van der Waals surface area contributed by atoms with Gasteiger partial charge in [0, 0.05) is 36.8 Å². The lowest BCUT2D eigenvalue weighted by Gasteiger charge is -2.42. The van der Waals surface area contributed by atoms with Crippen molar-refractivity contribution in [3.8, 4) is 5.75 Å². The number of quaternary nitrogens is 1. The van der Waals surface area contributed by atoms with E-state index in [0.29, 0.717) is 55.9 Å². The standard InChI is InChI=1S/C31H34FN7O4/c1-3-13-43-22-8-9-35-26(15-22)36-29(40)20-6-7-23(24(32)14-20)28-37-27(25-16-34-10-12-39(25,28)33)21-5-4-11-38(17-21)30(41)31(2)18-42-19-31/h6-10,12,14-16,21H,3-5,11,13,17-19,33H2,1-2H3/p+1/t21-,39?/m1/s1. The number of pyridine rings is 1. The number of amidine groups is 1. The first kappa shape index (κ1) is 28.8. The van der Waals surface area contributed by atoms with Crippen LogP contribution in [0.2, 0.25) is 0 Å². The SMILES string of the molecule is CCCOc1ccnc(NC(=O)c2ccc(C3=NC([C@@H]4CCCN(C(=O)C5(C)COC5)C4)=C4C=NC=C[N+]34N)c(F)c2)c1. The summed E-state index contributed by atoms with van der Waals surface area (Å²) >= 11 is 0. The van der Waals surface area contributed by atoms with Gasteiger partial charge >= 0.3 is 0 Å². The number of aliphatic imine (C=N–C) groups is 2. The number of nitrogens with one attached hydrogen (secondary N) is 1. The van der Waals surface area contributed by atoms with Gasteiger partial charge in [0.15, 0.2) is 0 Å². The van der Waals surface area contributed by atoms with Crippen LogP contribution >= 0.6 is 0 Å². The average Bonchev–Trinajstić information content (AvgIpc) is 3.31. The Morgan fingerprint density at radius 2 is 2.12 bits per heavy atom. The molecule has 4 aliphatic rings. The summed E-state index contributed by atoms with van der Waals surface area (Å²) in [6.07, 6.45) is 8.86. The van der Waals surface area contributed by atoms with Gasteiger partial charge in [-0.05, 0) is 50.5 Å². The molecule has 11 nitrogen and oxygen atoms in total. The van der Waals surface area contributed by atoms with Gasteiger partial charge in [0.2, 0.25) is 11.6 Å². The molecular formula is C31H35FN7O4+. The lowest BCUT2D eigenvalue weighted by molar-refractivity contribution is -0.750. The molecule has 4 aliphatic heterocycles. The summed E-state index contributed by atoms with van der Waals surface area (Å²) in [6.45, 7) is 6.48. The highest BCUT2D eigenvalue weighted by atomic mass is 19.1. The highest BCUT2D eigenvalue weighted by molar-refractivity contribution is 6.05. The topological polar surface area (TPSA) is 132 Å². The molecule has 1 aromatic heterocycles. The zero-order valence-corrected chi connectivity index (χ0v) is 24.3. The first-order chi connectivity index (χ1) is 20.7. The van der Waals surface area contributed by atoms with Crippen LogP contribution in [0.5, 0.6) is 5.75 Å². The normalized spacial score (nSPS) is 23.9. The van der Waals surface area contributed by atoms with Crippen LogP contribution in [-0.4, -0.2) is 71.3 Å². The number of nitrogens with two attached hydrogens (primary N) is 1. The summed E-state index contributed by atoms with van der Waals surface area (Å²) in [6, 6.07) is 7.53. The van der Waals surface area contributed by atoms with Gasteiger partial charge in [0.1, 0.15) is 29.3 Å². The van der Waals surface area contributed by atoms with E-state index >= 15 is 4.39 Å². The second-order valence-electron chi connectivity index (χ2n) is 11.6. The van der Waals surface area contributed by atoms with Crippen LogP contribution in [0.3, 0.4) is 0 Å². The van der Waals surface area contributed by atoms with Gasteiger partial charge < -0.3 is 19.7 Å². The zero-order valence-electron chi connectivity index (χ0n) is 24.3. The second-order valence-corrected chi connectivity index (χ2v) is 11.6. The highest BCUT2D eigenvalue weighted by Gasteiger charge is 2.49. The number of amides is 2. The Balaban J connectivity index is 1.24. The predicted molar refractivity (Wildman–Crippen MR) is 158 cm³/mol. The molecule has 224 valence electrons. The summed E-state index contributed by atoms with van der Waals surface area (Å²) in [5.41, 5.74) is 1.11. The molecule has 2 amide bonds. The molecule has 6 rings (SSSR count). The van der Waals surface area contributed by atoms with Crippen molar-refractivity contribution < 1.29 is 28.0 Å². The number of halogens is 1. The Kier molecular flexibility index (Phi) is 7.67. The number of aromatic nitrogens is 1. The lowest BCUT2D eigenvalue weighted by Crippen LogP contribution is -2.55. The van der Waals surface area contributed by atoms with Crippen molar-refractivity contribution in [1.82, 2.24) is 9.88 Å². The fourth-order valence-corrected chi connectivity index (χ4v) is 5.80. The minimum atomic E-state index is -0.641. The van der Waals surface area contributed by atoms with E-state index in [1.165, 1.54) is 24.4 Å². The molecule has 2 saturated heterocycles. The Labute approximate surface area is 249 Å². The van der Waals surface area contributed by atoms with Gasteiger partial charge in [-0.15, -0.1) is 4.59 Å². The molecule has 12 heteroatoms. The maximum Gasteiger partial charge on any atom is 0.267 e. The van der Waals surface area contributed by atoms with E-state index in [1.807, 2.05) is 18.7 Å². The maximum absolute atomic E-state index is 15.7. The van der Waals surface area contributed by atoms with Crippen molar-refractivity contribution in [2.45, 2.75) is 33.1 Å². The number of hydrogen-bond acceptors (Lipinski definition) is 8. The maximum atomic E-state index is 15.7. The molecule has 43 heavy (non-hydrogen) atoms. The van der Waals surface area contributed by atoms with E-state index in [1.54, 1.807) is 30.7 Å². The molecule has 1 aromatic carbocycles. The Bertz CT molecular complexity index is 1580. The number of likely N-dealkylation sites (tertiary alicyclic amines) is 1. The van der Waals surface area contributed by atoms with Gasteiger partial charge in [-0.1, -0.05) is 6.92 Å². The van der Waals surface area contributed by atoms with Crippen LogP contribution < -0.4 is 15.9 Å². The van der Waals surface area contributed by atoms with Crippen molar-refractivity contribution in [3.63, 3.8) is 0 Å². The summed E-state index contributed by atoms with van der Waals surface area (Å²) in [5.74, 6) is 6.85. The number of carbonyl (C=O) groups excluding carboxylic acids is 2. The Morgan fingerprint density at radius 3 is 2.86 bits per heavy atom. The van der Waals surface area contributed by atoms with Crippen LogP contribution in [0.4, 0.5) is 10.2 Å². The molecule has 0 aliphatic carbocycles. The second kappa shape index (κ2) is 11.4. The highest BCUT2D eigenvalue weighted by Crippen LogP contribution is 2.39. The summed E-state index contributed by atoms with van der Waals surface area (Å²) in [5, 5.41) is 2.69. The fraction of sp³-hybridized carbons (Fsp3) is 0.387. The van der Waals surface area contributed by atoms with Crippen LogP contribution in [-0.2, 0) is 9.53 Å². The molecule has 0 radical (unpaired) electrons. The van der Waals surface area contributed by atoms with Gasteiger partial charge in [-0.3, -0.25) is 14.6 Å². The molecule has 3 N–H and O–H groups in total. The molecule has 2 fully saturated rings. The first-order valence-electron chi connectivity index (χ1n) is 14.5. The van der Waals surface area contributed by atoms with Crippen molar-refractivity contribution in [3.05, 3.63) is 77.3 Å². The number of nitrogens with zero attached hydrogens (tertiary/aromatic N) is 5. The minimum Gasteiger partial charge on any atom is -0.493 e. The predicted octanol–water partition coefficient (Wildman–Crippen LogP) is 3.75. The van der Waals surface area contributed by atoms with E-state index in [-0.39, 0.29) is 33.4 Å². The van der Waals surface area contributed by atoms with Crippen LogP contribution in [0, 0.1) is 17.2 Å². The van der Waals surface area contributed by atoms with E-state index in [0.717, 1.165) is 19.3 Å². The Morgan fingerprint density at radius 1 is 1.28 bits per heavy atom. The number of piperidine rings is 1. The first-order valence-corrected chi connectivity index (χ1v) is 14.5. The van der Waals surface area contributed by atoms with E-state index < -0.39 is 17.1 Å². The Hall–Kier alpha value is -4.26. The largest absolute Gasteiger partial charge is 0.493 e. The minimum absolute atomic E-state index is 0.0808. The number of carbonyl (C=O) groups is 2. The monoisotopic (exact) mass is 588 g/mol. The van der Waals surface area contributed by atoms with Crippen molar-refractivity contribution in [2.75, 3.05) is 38.2 Å². The van der Waals surface area contributed by atoms with Gasteiger partial charge in [-0.25, -0.2) is 9.37 Å². The zero-order chi connectivity index (χ0) is 30.2. The molecule has 0 bridgehead atoms. The lowest BCUT2D eigenvalue weighted by atomic mass is 9.85. The quantitative estimate of drug-likeness (QED) is 0.357. The molecular weight excluding hydrogens is 553 g/mol. The van der Waals surface area contributed by atoms with Gasteiger partial charge in [0.05, 0.1) is 43.2 Å². The van der Waals surface area contributed by atoms with E-state index in [2.05, 4.69) is 15.3 Å². The molecule has 1 unspecified atom stereocenters. The molecule has 2 atom stereocenters. The third-order valence-corrected chi connectivity index (χ3v) is 8.19. The number of hydrogen-bond donors (Lipinski definition) is 2. The summed E-state index contributed by atoms with van der Waals surface area (Å²) in [4.78, 5) is 41.4. The summed E-state index contributed by atoms with van der Waals surface area (Å²) < 4.78 is 26.3. The number of anilines is 1. The fourth-order valence-electron chi connectivity index (χ4n) is 5.80. The molecule has 0 spiro atoms. The van der Waals surface area contributed by atoms with Crippen LogP contribution in [0.1, 0.15) is 49.0 Å². The number of fused-ring (bicyclic) bond motifs is 1. The molecule has 0 saturated carbocycles. The summed E-state index contributed by atoms with van der Waals surface area (Å²) in [7, 11) is 0. The third kappa shape index (κ3) is 5.37. The molecule has 5 heterocycles. The number of ether oxygens (including phenoxy) is 2. The third-order valence-electron chi connectivity index (χ3n) is 8.19. The number of rotatable bonds is 8.